The molecule has 5 aromatic rings. The number of alkyl halides is 2. The molecule has 0 radical (unpaired) electrons. The summed E-state index contributed by atoms with van der Waals surface area (Å²) in [6, 6.07) is 16.3. The van der Waals surface area contributed by atoms with Crippen molar-refractivity contribution < 1.29 is 17.9 Å². The van der Waals surface area contributed by atoms with Crippen LogP contribution >= 0.6 is 11.6 Å². The average Bonchev–Trinajstić information content (AvgIpc) is 3.24. The zero-order valence-corrected chi connectivity index (χ0v) is 22.1. The second-order valence-corrected chi connectivity index (χ2v) is 9.44. The predicted molar refractivity (Wildman–Crippen MR) is 148 cm³/mol. The molecule has 14 heteroatoms. The Morgan fingerprint density at radius 3 is 2.24 bits per heavy atom. The molecule has 0 amide bonds. The summed E-state index contributed by atoms with van der Waals surface area (Å²) < 4.78 is 46.8. The molecule has 2 heterocycles. The largest absolute Gasteiger partial charge is 0.435 e. The molecular formula is C27H23ClF3N7O3. The fraction of sp³-hybridized carbons (Fsp3) is 0.185. The molecule has 0 aliphatic carbocycles. The Bertz CT molecular complexity index is 1800. The van der Waals surface area contributed by atoms with Gasteiger partial charge in [0.2, 0.25) is 11.9 Å². The fourth-order valence-corrected chi connectivity index (χ4v) is 4.47. The van der Waals surface area contributed by atoms with Crippen molar-refractivity contribution in [2.75, 3.05) is 17.6 Å². The Hall–Kier alpha value is -4.78. The molecule has 0 saturated carbocycles. The summed E-state index contributed by atoms with van der Waals surface area (Å²) in [5.41, 5.74) is 7.05. The van der Waals surface area contributed by atoms with Crippen LogP contribution in [0.3, 0.4) is 0 Å². The van der Waals surface area contributed by atoms with Crippen LogP contribution in [0.25, 0.3) is 11.0 Å². The van der Waals surface area contributed by atoms with Gasteiger partial charge in [0.05, 0.1) is 24.1 Å². The maximum Gasteiger partial charge on any atom is 0.387 e. The van der Waals surface area contributed by atoms with E-state index in [4.69, 9.17) is 17.3 Å². The highest BCUT2D eigenvalue weighted by molar-refractivity contribution is 6.31. The third-order valence-electron chi connectivity index (χ3n) is 6.25. The summed E-state index contributed by atoms with van der Waals surface area (Å²) in [7, 11) is 0. The molecule has 0 bridgehead atoms. The van der Waals surface area contributed by atoms with Gasteiger partial charge < -0.3 is 20.4 Å². The number of benzene rings is 3. The minimum absolute atomic E-state index is 0.00992. The number of imidazole rings is 1. The summed E-state index contributed by atoms with van der Waals surface area (Å²) in [4.78, 5) is 34.9. The number of rotatable bonds is 10. The normalized spacial score (nSPS) is 11.3. The predicted octanol–water partition coefficient (Wildman–Crippen LogP) is 3.94. The molecule has 0 atom stereocenters. The van der Waals surface area contributed by atoms with E-state index in [1.165, 1.54) is 53.1 Å². The number of hydrogen-bond acceptors (Lipinski definition) is 7. The lowest BCUT2D eigenvalue weighted by Crippen LogP contribution is -2.43. The van der Waals surface area contributed by atoms with Gasteiger partial charge in [-0.1, -0.05) is 35.9 Å². The standard InChI is InChI=1S/C27H23ClF3N7O3/c28-18-5-10-21-22(13-18)36(24(32)34-21)12-11-33-25-35-26(39)38(15-16-1-6-19(29)7-2-16)27(40)37(25)14-17-3-8-20(9-4-17)41-23(30)31/h1-10,13,23H,11-12,14-15H2,(H2,32,34)(H,33,35,39). The first-order chi connectivity index (χ1) is 19.7. The number of hydrogen-bond donors (Lipinski definition) is 2. The molecule has 0 unspecified atom stereocenters. The Morgan fingerprint density at radius 2 is 1.56 bits per heavy atom. The van der Waals surface area contributed by atoms with Gasteiger partial charge in [-0.3, -0.25) is 4.57 Å². The number of ether oxygens (including phenoxy) is 1. The number of aromatic nitrogens is 5. The molecule has 0 aliphatic rings. The van der Waals surface area contributed by atoms with E-state index in [9.17, 15) is 22.8 Å². The van der Waals surface area contributed by atoms with Gasteiger partial charge in [-0.2, -0.15) is 13.8 Å². The van der Waals surface area contributed by atoms with Gasteiger partial charge in [-0.25, -0.2) is 23.5 Å². The lowest BCUT2D eigenvalue weighted by Gasteiger charge is -2.16. The van der Waals surface area contributed by atoms with Gasteiger partial charge in [0.15, 0.2) is 0 Å². The molecule has 0 saturated heterocycles. The SMILES string of the molecule is Nc1nc2ccc(Cl)cc2n1CCNc1nc(=O)n(Cc2ccc(F)cc2)c(=O)n1Cc1ccc(OC(F)F)cc1. The van der Waals surface area contributed by atoms with E-state index in [2.05, 4.69) is 20.0 Å². The van der Waals surface area contributed by atoms with Crippen molar-refractivity contribution in [3.05, 3.63) is 110 Å². The van der Waals surface area contributed by atoms with Crippen LogP contribution in [0.5, 0.6) is 5.75 Å². The summed E-state index contributed by atoms with van der Waals surface area (Å²) in [5.74, 6) is -0.248. The number of halogens is 4. The molecule has 2 aromatic heterocycles. The molecule has 41 heavy (non-hydrogen) atoms. The van der Waals surface area contributed by atoms with Crippen LogP contribution < -0.4 is 27.2 Å². The molecule has 5 rings (SSSR count). The average molecular weight is 586 g/mol. The minimum Gasteiger partial charge on any atom is -0.435 e. The molecule has 0 fully saturated rings. The lowest BCUT2D eigenvalue weighted by atomic mass is 10.2. The van der Waals surface area contributed by atoms with Crippen molar-refractivity contribution in [3.63, 3.8) is 0 Å². The van der Waals surface area contributed by atoms with Gasteiger partial charge >= 0.3 is 18.0 Å². The van der Waals surface area contributed by atoms with E-state index in [1.54, 1.807) is 22.8 Å². The number of anilines is 2. The number of nitrogens with zero attached hydrogens (tertiary/aromatic N) is 5. The van der Waals surface area contributed by atoms with Crippen LogP contribution in [-0.4, -0.2) is 36.8 Å². The highest BCUT2D eigenvalue weighted by atomic mass is 35.5. The second-order valence-electron chi connectivity index (χ2n) is 9.00. The minimum atomic E-state index is -2.98. The molecule has 3 N–H and O–H groups in total. The summed E-state index contributed by atoms with van der Waals surface area (Å²) >= 11 is 6.13. The third kappa shape index (κ3) is 6.35. The van der Waals surface area contributed by atoms with Crippen LogP contribution in [0.15, 0.2) is 76.3 Å². The van der Waals surface area contributed by atoms with E-state index in [0.29, 0.717) is 33.7 Å². The Morgan fingerprint density at radius 1 is 0.902 bits per heavy atom. The first-order valence-electron chi connectivity index (χ1n) is 12.3. The van der Waals surface area contributed by atoms with E-state index >= 15 is 0 Å². The summed E-state index contributed by atoms with van der Waals surface area (Å²) in [5, 5.41) is 3.53. The maximum atomic E-state index is 13.6. The second kappa shape index (κ2) is 11.8. The topological polar surface area (TPSA) is 122 Å². The molecule has 212 valence electrons. The van der Waals surface area contributed by atoms with E-state index in [0.717, 1.165) is 4.57 Å². The summed E-state index contributed by atoms with van der Waals surface area (Å²) in [6.07, 6.45) is 0. The van der Waals surface area contributed by atoms with Gasteiger partial charge in [0, 0.05) is 18.1 Å². The lowest BCUT2D eigenvalue weighted by molar-refractivity contribution is -0.0498. The van der Waals surface area contributed by atoms with Crippen molar-refractivity contribution in [3.8, 4) is 5.75 Å². The Kier molecular flexibility index (Phi) is 7.97. The zero-order chi connectivity index (χ0) is 29.1. The number of nitrogen functional groups attached to an aromatic ring is 1. The Labute approximate surface area is 235 Å². The molecule has 0 spiro atoms. The first kappa shape index (κ1) is 27.8. The van der Waals surface area contributed by atoms with Crippen molar-refractivity contribution in [2.24, 2.45) is 0 Å². The van der Waals surface area contributed by atoms with Crippen LogP contribution in [0, 0.1) is 5.82 Å². The molecular weight excluding hydrogens is 563 g/mol. The van der Waals surface area contributed by atoms with Crippen LogP contribution in [0.4, 0.5) is 25.1 Å². The van der Waals surface area contributed by atoms with E-state index < -0.39 is 23.8 Å². The van der Waals surface area contributed by atoms with Crippen molar-refractivity contribution >= 4 is 34.5 Å². The van der Waals surface area contributed by atoms with Crippen molar-refractivity contribution in [1.29, 1.82) is 0 Å². The summed E-state index contributed by atoms with van der Waals surface area (Å²) in [6.45, 7) is -2.65. The van der Waals surface area contributed by atoms with Crippen molar-refractivity contribution in [2.45, 2.75) is 26.2 Å². The number of nitrogens with two attached hydrogens (primary N) is 1. The zero-order valence-electron chi connectivity index (χ0n) is 21.3. The smallest absolute Gasteiger partial charge is 0.387 e. The van der Waals surface area contributed by atoms with Gasteiger partial charge in [0.25, 0.3) is 0 Å². The Balaban J connectivity index is 1.45. The van der Waals surface area contributed by atoms with Crippen LogP contribution in [0.1, 0.15) is 11.1 Å². The molecule has 10 nitrogen and oxygen atoms in total. The third-order valence-corrected chi connectivity index (χ3v) is 6.49. The van der Waals surface area contributed by atoms with Crippen LogP contribution in [-0.2, 0) is 19.6 Å². The van der Waals surface area contributed by atoms with Crippen LogP contribution in [0.2, 0.25) is 5.02 Å². The van der Waals surface area contributed by atoms with E-state index in [1.807, 2.05) is 0 Å². The monoisotopic (exact) mass is 585 g/mol. The number of nitrogens with one attached hydrogen (secondary N) is 1. The highest BCUT2D eigenvalue weighted by Crippen LogP contribution is 2.22. The number of fused-ring (bicyclic) bond motifs is 1. The van der Waals surface area contributed by atoms with E-state index in [-0.39, 0.29) is 37.3 Å². The molecule has 0 aliphatic heterocycles. The highest BCUT2D eigenvalue weighted by Gasteiger charge is 2.16. The van der Waals surface area contributed by atoms with Gasteiger partial charge in [0.1, 0.15) is 11.6 Å². The van der Waals surface area contributed by atoms with Gasteiger partial charge in [-0.05, 0) is 53.6 Å². The quantitative estimate of drug-likeness (QED) is 0.255. The molecule has 3 aromatic carbocycles. The first-order valence-corrected chi connectivity index (χ1v) is 12.7. The van der Waals surface area contributed by atoms with Gasteiger partial charge in [-0.15, -0.1) is 0 Å². The fourth-order valence-electron chi connectivity index (χ4n) is 4.30. The maximum absolute atomic E-state index is 13.6. The van der Waals surface area contributed by atoms with Crippen molar-refractivity contribution in [1.82, 2.24) is 23.7 Å².